The van der Waals surface area contributed by atoms with Gasteiger partial charge in [0.2, 0.25) is 5.89 Å². The van der Waals surface area contributed by atoms with E-state index >= 15 is 0 Å². The first kappa shape index (κ1) is 15.8. The zero-order chi connectivity index (χ0) is 16.7. The molecule has 2 aromatic rings. The number of imidazole rings is 1. The summed E-state index contributed by atoms with van der Waals surface area (Å²) in [5.41, 5.74) is 1.49. The van der Waals surface area contributed by atoms with Crippen molar-refractivity contribution in [2.75, 3.05) is 13.1 Å². The van der Waals surface area contributed by atoms with E-state index in [0.717, 1.165) is 49.3 Å². The van der Waals surface area contributed by atoms with Gasteiger partial charge in [-0.2, -0.15) is 0 Å². The van der Waals surface area contributed by atoms with Crippen LogP contribution in [-0.2, 0) is 20.1 Å². The van der Waals surface area contributed by atoms with Crippen molar-refractivity contribution >= 4 is 0 Å². The Morgan fingerprint density at radius 3 is 2.75 bits per heavy atom. The van der Waals surface area contributed by atoms with Gasteiger partial charge in [0.25, 0.3) is 0 Å². The number of hydrogen-bond donors (Lipinski definition) is 1. The van der Waals surface area contributed by atoms with Crippen molar-refractivity contribution in [3.8, 4) is 0 Å². The molecule has 1 aliphatic heterocycles. The molecule has 1 unspecified atom stereocenters. The zero-order valence-corrected chi connectivity index (χ0v) is 14.9. The fourth-order valence-corrected chi connectivity index (χ4v) is 4.09. The van der Waals surface area contributed by atoms with E-state index in [9.17, 15) is 0 Å². The van der Waals surface area contributed by atoms with Crippen LogP contribution >= 0.6 is 0 Å². The minimum Gasteiger partial charge on any atom is -0.444 e. The van der Waals surface area contributed by atoms with E-state index < -0.39 is 0 Å². The average molecular weight is 329 g/mol. The van der Waals surface area contributed by atoms with Crippen molar-refractivity contribution in [3.63, 3.8) is 0 Å². The summed E-state index contributed by atoms with van der Waals surface area (Å²) in [4.78, 5) is 11.6. The van der Waals surface area contributed by atoms with Crippen LogP contribution in [0.15, 0.2) is 16.8 Å². The molecule has 2 aliphatic rings. The number of rotatable bonds is 5. The fraction of sp³-hybridized carbons (Fsp3) is 0.667. The van der Waals surface area contributed by atoms with Crippen molar-refractivity contribution in [1.29, 1.82) is 0 Å². The van der Waals surface area contributed by atoms with E-state index in [1.807, 2.05) is 26.2 Å². The molecule has 6 heteroatoms. The summed E-state index contributed by atoms with van der Waals surface area (Å²) >= 11 is 0. The normalized spacial score (nSPS) is 22.4. The lowest BCUT2D eigenvalue weighted by molar-refractivity contribution is 0.167. The molecule has 1 aliphatic carbocycles. The highest BCUT2D eigenvalue weighted by atomic mass is 16.4. The summed E-state index contributed by atoms with van der Waals surface area (Å²) in [6.07, 6.45) is 7.73. The standard InChI is InChI=1S/C18H27N5O/c1-13-14(2)24-17(21-13)12-23(11-16-20-8-9-22(16)3)15-10-18(15)4-6-19-7-5-18/h8-9,15,19H,4-7,10-12H2,1-3H3. The van der Waals surface area contributed by atoms with Crippen LogP contribution in [0.2, 0.25) is 0 Å². The molecule has 4 rings (SSSR count). The summed E-state index contributed by atoms with van der Waals surface area (Å²) in [6, 6.07) is 0.615. The Bertz CT molecular complexity index is 693. The van der Waals surface area contributed by atoms with Gasteiger partial charge in [-0.3, -0.25) is 4.90 Å². The molecule has 0 amide bonds. The molecule has 1 saturated carbocycles. The minimum atomic E-state index is 0.493. The maximum atomic E-state index is 5.86. The van der Waals surface area contributed by atoms with Gasteiger partial charge >= 0.3 is 0 Å². The summed E-state index contributed by atoms with van der Waals surface area (Å²) in [7, 11) is 2.06. The van der Waals surface area contributed by atoms with Gasteiger partial charge in [0.05, 0.1) is 18.8 Å². The number of hydrogen-bond acceptors (Lipinski definition) is 5. The Kier molecular flexibility index (Phi) is 3.96. The van der Waals surface area contributed by atoms with E-state index in [4.69, 9.17) is 4.42 Å². The number of nitrogens with one attached hydrogen (secondary N) is 1. The first-order valence-electron chi connectivity index (χ1n) is 8.91. The lowest BCUT2D eigenvalue weighted by Crippen LogP contribution is -2.36. The quantitative estimate of drug-likeness (QED) is 0.911. The molecule has 6 nitrogen and oxygen atoms in total. The molecular formula is C18H27N5O. The van der Waals surface area contributed by atoms with E-state index in [2.05, 4.69) is 31.8 Å². The topological polar surface area (TPSA) is 59.1 Å². The van der Waals surface area contributed by atoms with Crippen LogP contribution in [0.25, 0.3) is 0 Å². The van der Waals surface area contributed by atoms with Crippen molar-refractivity contribution in [2.45, 2.75) is 52.2 Å². The van der Waals surface area contributed by atoms with E-state index in [0.29, 0.717) is 11.5 Å². The van der Waals surface area contributed by atoms with Crippen LogP contribution in [0, 0.1) is 19.3 Å². The van der Waals surface area contributed by atoms with Gasteiger partial charge in [-0.05, 0) is 51.6 Å². The molecule has 1 N–H and O–H groups in total. The van der Waals surface area contributed by atoms with Gasteiger partial charge in [0.1, 0.15) is 11.6 Å². The third-order valence-electron chi connectivity index (χ3n) is 5.86. The third kappa shape index (κ3) is 2.89. The molecule has 0 radical (unpaired) electrons. The highest BCUT2D eigenvalue weighted by Gasteiger charge is 2.56. The minimum absolute atomic E-state index is 0.493. The summed E-state index contributed by atoms with van der Waals surface area (Å²) < 4.78 is 7.96. The number of oxazole rings is 1. The summed E-state index contributed by atoms with van der Waals surface area (Å²) in [5.74, 6) is 2.86. The van der Waals surface area contributed by atoms with Crippen LogP contribution < -0.4 is 5.32 Å². The molecule has 1 saturated heterocycles. The molecule has 3 heterocycles. The molecule has 0 bridgehead atoms. The van der Waals surface area contributed by atoms with E-state index in [1.165, 1.54) is 19.3 Å². The highest BCUT2D eigenvalue weighted by molar-refractivity contribution is 5.12. The molecule has 2 fully saturated rings. The SMILES string of the molecule is Cc1nc(CN(Cc2nccn2C)C2CC23CCNCC3)oc1C. The summed E-state index contributed by atoms with van der Waals surface area (Å²) in [6.45, 7) is 7.90. The highest BCUT2D eigenvalue weighted by Crippen LogP contribution is 2.56. The smallest absolute Gasteiger partial charge is 0.208 e. The van der Waals surface area contributed by atoms with Gasteiger partial charge in [0.15, 0.2) is 0 Å². The van der Waals surface area contributed by atoms with Gasteiger partial charge in [0, 0.05) is 25.5 Å². The lowest BCUT2D eigenvalue weighted by Gasteiger charge is -2.28. The van der Waals surface area contributed by atoms with Crippen LogP contribution in [-0.4, -0.2) is 38.6 Å². The van der Waals surface area contributed by atoms with Crippen molar-refractivity contribution in [2.24, 2.45) is 12.5 Å². The predicted octanol–water partition coefficient (Wildman–Crippen LogP) is 2.17. The molecule has 24 heavy (non-hydrogen) atoms. The van der Waals surface area contributed by atoms with Crippen molar-refractivity contribution in [1.82, 2.24) is 24.8 Å². The Balaban J connectivity index is 1.54. The van der Waals surface area contributed by atoms with Crippen LogP contribution in [0.5, 0.6) is 0 Å². The number of nitrogens with zero attached hydrogens (tertiary/aromatic N) is 4. The van der Waals surface area contributed by atoms with Crippen molar-refractivity contribution in [3.05, 3.63) is 35.6 Å². The Labute approximate surface area is 143 Å². The average Bonchev–Trinajstić information content (AvgIpc) is 2.91. The zero-order valence-electron chi connectivity index (χ0n) is 14.9. The Morgan fingerprint density at radius 2 is 2.12 bits per heavy atom. The molecule has 1 atom stereocenters. The molecular weight excluding hydrogens is 302 g/mol. The van der Waals surface area contributed by atoms with Gasteiger partial charge in [-0.1, -0.05) is 0 Å². The first-order chi connectivity index (χ1) is 11.6. The number of aryl methyl sites for hydroxylation is 3. The van der Waals surface area contributed by atoms with E-state index in [1.54, 1.807) is 0 Å². The number of piperidine rings is 1. The molecule has 2 aromatic heterocycles. The first-order valence-corrected chi connectivity index (χ1v) is 8.91. The molecule has 0 aromatic carbocycles. The van der Waals surface area contributed by atoms with Gasteiger partial charge < -0.3 is 14.3 Å². The number of aromatic nitrogens is 3. The molecule has 1 spiro atoms. The maximum Gasteiger partial charge on any atom is 0.208 e. The maximum absolute atomic E-state index is 5.86. The van der Waals surface area contributed by atoms with Crippen molar-refractivity contribution < 1.29 is 4.42 Å². The second kappa shape index (κ2) is 6.01. The van der Waals surface area contributed by atoms with Gasteiger partial charge in [-0.15, -0.1) is 0 Å². The summed E-state index contributed by atoms with van der Waals surface area (Å²) in [5, 5.41) is 3.49. The van der Waals surface area contributed by atoms with Crippen LogP contribution in [0.3, 0.4) is 0 Å². The van der Waals surface area contributed by atoms with Gasteiger partial charge in [-0.25, -0.2) is 9.97 Å². The molecule has 130 valence electrons. The predicted molar refractivity (Wildman–Crippen MR) is 91.4 cm³/mol. The lowest BCUT2D eigenvalue weighted by atomic mass is 9.93. The second-order valence-corrected chi connectivity index (χ2v) is 7.44. The van der Waals surface area contributed by atoms with Crippen LogP contribution in [0.1, 0.15) is 42.4 Å². The van der Waals surface area contributed by atoms with E-state index in [-0.39, 0.29) is 0 Å². The Morgan fingerprint density at radius 1 is 1.33 bits per heavy atom. The fourth-order valence-electron chi connectivity index (χ4n) is 4.09. The third-order valence-corrected chi connectivity index (χ3v) is 5.86. The van der Waals surface area contributed by atoms with Crippen LogP contribution in [0.4, 0.5) is 0 Å². The second-order valence-electron chi connectivity index (χ2n) is 7.44. The largest absolute Gasteiger partial charge is 0.444 e. The monoisotopic (exact) mass is 329 g/mol. The Hall–Kier alpha value is -1.66.